The van der Waals surface area contributed by atoms with Crippen LogP contribution in [0.5, 0.6) is 0 Å². The van der Waals surface area contributed by atoms with Gasteiger partial charge in [-0.15, -0.1) is 0 Å². The van der Waals surface area contributed by atoms with Crippen molar-refractivity contribution in [2.45, 2.75) is 18.9 Å². The summed E-state index contributed by atoms with van der Waals surface area (Å²) >= 11 is 0. The summed E-state index contributed by atoms with van der Waals surface area (Å²) in [7, 11) is 0. The van der Waals surface area contributed by atoms with E-state index < -0.39 is 17.9 Å². The predicted molar refractivity (Wildman–Crippen MR) is 73.5 cm³/mol. The Labute approximate surface area is 116 Å². The fourth-order valence-electron chi connectivity index (χ4n) is 2.30. The second kappa shape index (κ2) is 5.82. The summed E-state index contributed by atoms with van der Waals surface area (Å²) in [6.07, 6.45) is -2.77. The Bertz CT molecular complexity index is 530. The zero-order chi connectivity index (χ0) is 14.6. The Morgan fingerprint density at radius 3 is 1.65 bits per heavy atom. The molecular weight excluding hydrogens is 260 g/mol. The number of hydrogen-bond acceptors (Lipinski definition) is 1. The minimum Gasteiger partial charge on any atom is -0.338 e. The summed E-state index contributed by atoms with van der Waals surface area (Å²) in [5.74, 6) is -0.502. The van der Waals surface area contributed by atoms with Gasteiger partial charge in [-0.1, -0.05) is 60.7 Å². The van der Waals surface area contributed by atoms with E-state index in [1.54, 1.807) is 60.7 Å². The molecule has 1 amide bonds. The molecule has 4 heteroatoms. The lowest BCUT2D eigenvalue weighted by molar-refractivity contribution is -0.122. The summed E-state index contributed by atoms with van der Waals surface area (Å²) in [5, 5.41) is 2.44. The van der Waals surface area contributed by atoms with Crippen molar-refractivity contribution in [2.75, 3.05) is 0 Å². The SMILES string of the molecule is CC(=O)NC(c1ccccc1)(c1ccccc1)C(F)F. The zero-order valence-electron chi connectivity index (χ0n) is 11.0. The first kappa shape index (κ1) is 14.2. The molecule has 0 fully saturated rings. The third-order valence-corrected chi connectivity index (χ3v) is 3.16. The highest BCUT2D eigenvalue weighted by Crippen LogP contribution is 2.35. The van der Waals surface area contributed by atoms with E-state index in [0.717, 1.165) is 0 Å². The van der Waals surface area contributed by atoms with Crippen molar-refractivity contribution < 1.29 is 13.6 Å². The van der Waals surface area contributed by atoms with Gasteiger partial charge in [0.15, 0.2) is 5.54 Å². The molecule has 0 saturated carbocycles. The van der Waals surface area contributed by atoms with Crippen LogP contribution in [0.2, 0.25) is 0 Å². The lowest BCUT2D eigenvalue weighted by Crippen LogP contribution is -2.51. The minimum absolute atomic E-state index is 0.358. The predicted octanol–water partition coefficient (Wildman–Crippen LogP) is 3.33. The molecule has 0 radical (unpaired) electrons. The van der Waals surface area contributed by atoms with Crippen LogP contribution in [0.3, 0.4) is 0 Å². The molecule has 0 saturated heterocycles. The standard InChI is InChI=1S/C16H15F2NO/c1-12(20)19-16(15(17)18,13-8-4-2-5-9-13)14-10-6-3-7-11-14/h2-11,15H,1H3,(H,19,20). The van der Waals surface area contributed by atoms with E-state index in [0.29, 0.717) is 11.1 Å². The number of alkyl halides is 2. The van der Waals surface area contributed by atoms with Crippen LogP contribution in [0.15, 0.2) is 60.7 Å². The molecule has 2 nitrogen and oxygen atoms in total. The lowest BCUT2D eigenvalue weighted by atomic mass is 9.83. The van der Waals surface area contributed by atoms with Crippen molar-refractivity contribution >= 4 is 5.91 Å². The number of nitrogens with one attached hydrogen (secondary N) is 1. The molecule has 20 heavy (non-hydrogen) atoms. The Kier molecular flexibility index (Phi) is 4.13. The Morgan fingerprint density at radius 1 is 0.950 bits per heavy atom. The molecule has 0 heterocycles. The van der Waals surface area contributed by atoms with E-state index in [1.165, 1.54) is 6.92 Å². The summed E-state index contributed by atoms with van der Waals surface area (Å²) in [5.41, 5.74) is -1.11. The van der Waals surface area contributed by atoms with Gasteiger partial charge >= 0.3 is 0 Å². The maximum atomic E-state index is 13.9. The molecule has 0 atom stereocenters. The van der Waals surface area contributed by atoms with Gasteiger partial charge in [-0.25, -0.2) is 8.78 Å². The second-order valence-corrected chi connectivity index (χ2v) is 4.52. The normalized spacial score (nSPS) is 11.4. The number of rotatable bonds is 4. The van der Waals surface area contributed by atoms with Gasteiger partial charge in [0.05, 0.1) is 0 Å². The molecule has 2 aromatic carbocycles. The lowest BCUT2D eigenvalue weighted by Gasteiger charge is -2.34. The molecule has 2 aromatic rings. The molecule has 0 aliphatic heterocycles. The van der Waals surface area contributed by atoms with Crippen molar-refractivity contribution in [3.8, 4) is 0 Å². The number of hydrogen-bond donors (Lipinski definition) is 1. The highest BCUT2D eigenvalue weighted by molar-refractivity contribution is 5.75. The molecule has 0 bridgehead atoms. The van der Waals surface area contributed by atoms with Gasteiger partial charge in [0.1, 0.15) is 0 Å². The van der Waals surface area contributed by atoms with Gasteiger partial charge in [-0.05, 0) is 11.1 Å². The summed E-state index contributed by atoms with van der Waals surface area (Å²) < 4.78 is 27.7. The van der Waals surface area contributed by atoms with Gasteiger partial charge < -0.3 is 5.32 Å². The van der Waals surface area contributed by atoms with E-state index in [2.05, 4.69) is 5.32 Å². The number of carbonyl (C=O) groups is 1. The largest absolute Gasteiger partial charge is 0.338 e. The average molecular weight is 275 g/mol. The van der Waals surface area contributed by atoms with Crippen LogP contribution in [0.4, 0.5) is 8.78 Å². The van der Waals surface area contributed by atoms with Gasteiger partial charge in [-0.2, -0.15) is 0 Å². The molecular formula is C16H15F2NO. The molecule has 104 valence electrons. The number of benzene rings is 2. The van der Waals surface area contributed by atoms with Crippen molar-refractivity contribution in [3.05, 3.63) is 71.8 Å². The van der Waals surface area contributed by atoms with E-state index >= 15 is 0 Å². The highest BCUT2D eigenvalue weighted by Gasteiger charge is 2.44. The monoisotopic (exact) mass is 275 g/mol. The van der Waals surface area contributed by atoms with Crippen LogP contribution in [0.1, 0.15) is 18.1 Å². The molecule has 0 aliphatic carbocycles. The van der Waals surface area contributed by atoms with Crippen LogP contribution in [-0.4, -0.2) is 12.3 Å². The van der Waals surface area contributed by atoms with Crippen LogP contribution in [-0.2, 0) is 10.3 Å². The van der Waals surface area contributed by atoms with Crippen molar-refractivity contribution in [3.63, 3.8) is 0 Å². The molecule has 0 spiro atoms. The van der Waals surface area contributed by atoms with E-state index in [-0.39, 0.29) is 0 Å². The first-order valence-corrected chi connectivity index (χ1v) is 6.25. The quantitative estimate of drug-likeness (QED) is 0.911. The maximum absolute atomic E-state index is 13.9. The van der Waals surface area contributed by atoms with E-state index in [4.69, 9.17) is 0 Å². The van der Waals surface area contributed by atoms with Crippen molar-refractivity contribution in [2.24, 2.45) is 0 Å². The average Bonchev–Trinajstić information content (AvgIpc) is 2.46. The maximum Gasteiger partial charge on any atom is 0.269 e. The van der Waals surface area contributed by atoms with Gasteiger partial charge in [0, 0.05) is 6.92 Å². The third-order valence-electron chi connectivity index (χ3n) is 3.16. The summed E-state index contributed by atoms with van der Waals surface area (Å²) in [6, 6.07) is 16.6. The minimum atomic E-state index is -2.77. The van der Waals surface area contributed by atoms with E-state index in [9.17, 15) is 13.6 Å². The van der Waals surface area contributed by atoms with Crippen LogP contribution in [0, 0.1) is 0 Å². The van der Waals surface area contributed by atoms with Gasteiger partial charge in [0.2, 0.25) is 5.91 Å². The number of carbonyl (C=O) groups excluding carboxylic acids is 1. The molecule has 2 rings (SSSR count). The third kappa shape index (κ3) is 2.54. The first-order chi connectivity index (χ1) is 9.57. The second-order valence-electron chi connectivity index (χ2n) is 4.52. The number of halogens is 2. The molecule has 1 N–H and O–H groups in total. The fourth-order valence-corrected chi connectivity index (χ4v) is 2.30. The highest BCUT2D eigenvalue weighted by atomic mass is 19.3. The summed E-state index contributed by atoms with van der Waals surface area (Å²) in [6.45, 7) is 1.24. The van der Waals surface area contributed by atoms with Gasteiger partial charge in [-0.3, -0.25) is 4.79 Å². The molecule has 0 aliphatic rings. The molecule has 0 unspecified atom stereocenters. The Balaban J connectivity index is 2.66. The van der Waals surface area contributed by atoms with Crippen molar-refractivity contribution in [1.29, 1.82) is 0 Å². The van der Waals surface area contributed by atoms with Crippen LogP contribution >= 0.6 is 0 Å². The van der Waals surface area contributed by atoms with E-state index in [1.807, 2.05) is 0 Å². The van der Waals surface area contributed by atoms with Gasteiger partial charge in [0.25, 0.3) is 6.43 Å². The summed E-state index contributed by atoms with van der Waals surface area (Å²) in [4.78, 5) is 11.5. The zero-order valence-corrected chi connectivity index (χ0v) is 11.0. The Morgan fingerprint density at radius 2 is 1.35 bits per heavy atom. The van der Waals surface area contributed by atoms with Crippen LogP contribution < -0.4 is 5.32 Å². The smallest absolute Gasteiger partial charge is 0.269 e. The van der Waals surface area contributed by atoms with Crippen molar-refractivity contribution in [1.82, 2.24) is 5.32 Å². The topological polar surface area (TPSA) is 29.1 Å². The fraction of sp³-hybridized carbons (Fsp3) is 0.188. The Hall–Kier alpha value is -2.23. The number of amides is 1. The molecule has 0 aromatic heterocycles. The first-order valence-electron chi connectivity index (χ1n) is 6.25. The van der Waals surface area contributed by atoms with Crippen LogP contribution in [0.25, 0.3) is 0 Å².